The molecule has 1 aliphatic heterocycles. The van der Waals surface area contributed by atoms with E-state index in [1.807, 2.05) is 6.08 Å². The van der Waals surface area contributed by atoms with E-state index in [-0.39, 0.29) is 22.7 Å². The van der Waals surface area contributed by atoms with Gasteiger partial charge in [0.05, 0.1) is 12.7 Å². The van der Waals surface area contributed by atoms with Crippen molar-refractivity contribution in [2.75, 3.05) is 6.61 Å². The summed E-state index contributed by atoms with van der Waals surface area (Å²) in [6.45, 7) is 7.21. The average Bonchev–Trinajstić information content (AvgIpc) is 2.58. The van der Waals surface area contributed by atoms with Crippen molar-refractivity contribution in [3.8, 4) is 0 Å². The van der Waals surface area contributed by atoms with Crippen molar-refractivity contribution in [3.63, 3.8) is 0 Å². The molecule has 18 heavy (non-hydrogen) atoms. The predicted octanol–water partition coefficient (Wildman–Crippen LogP) is 2.08. The van der Waals surface area contributed by atoms with Gasteiger partial charge in [-0.05, 0) is 35.2 Å². The second-order valence-electron chi connectivity index (χ2n) is 7.24. The molecule has 5 atom stereocenters. The third-order valence-corrected chi connectivity index (χ3v) is 5.63. The van der Waals surface area contributed by atoms with Gasteiger partial charge >= 0.3 is 0 Å². The minimum atomic E-state index is -0.690. The third-order valence-electron chi connectivity index (χ3n) is 5.63. The summed E-state index contributed by atoms with van der Waals surface area (Å²) in [6, 6.07) is 0. The summed E-state index contributed by atoms with van der Waals surface area (Å²) < 4.78 is 5.41. The van der Waals surface area contributed by atoms with Crippen molar-refractivity contribution in [2.24, 2.45) is 22.7 Å². The molecule has 1 saturated carbocycles. The van der Waals surface area contributed by atoms with E-state index in [1.54, 1.807) is 0 Å². The standard InChI is InChI=1S/C15H24O3/c1-14(2)5-4-6-15(3)11-9(8-18-13(11)17)7-10(16)12(14)15/h7,10-13,16-17H,4-6,8H2,1-3H3/t10-,11-,12+,13-,15-/m1/s1. The Morgan fingerprint density at radius 1 is 1.22 bits per heavy atom. The van der Waals surface area contributed by atoms with Gasteiger partial charge < -0.3 is 14.9 Å². The smallest absolute Gasteiger partial charge is 0.162 e. The van der Waals surface area contributed by atoms with Gasteiger partial charge in [0, 0.05) is 5.92 Å². The third kappa shape index (κ3) is 1.54. The van der Waals surface area contributed by atoms with Crippen molar-refractivity contribution in [2.45, 2.75) is 52.4 Å². The van der Waals surface area contributed by atoms with Gasteiger partial charge in [0.1, 0.15) is 0 Å². The molecule has 2 fully saturated rings. The van der Waals surface area contributed by atoms with Gasteiger partial charge in [-0.1, -0.05) is 33.3 Å². The van der Waals surface area contributed by atoms with Gasteiger partial charge in [0.25, 0.3) is 0 Å². The molecule has 1 saturated heterocycles. The Morgan fingerprint density at radius 2 is 1.94 bits per heavy atom. The van der Waals surface area contributed by atoms with E-state index in [0.717, 1.165) is 18.4 Å². The van der Waals surface area contributed by atoms with Gasteiger partial charge in [-0.2, -0.15) is 0 Å². The van der Waals surface area contributed by atoms with E-state index >= 15 is 0 Å². The average molecular weight is 252 g/mol. The van der Waals surface area contributed by atoms with E-state index in [1.165, 1.54) is 6.42 Å². The largest absolute Gasteiger partial charge is 0.389 e. The lowest BCUT2D eigenvalue weighted by Crippen LogP contribution is -2.55. The molecule has 2 aliphatic carbocycles. The van der Waals surface area contributed by atoms with Crippen molar-refractivity contribution in [1.29, 1.82) is 0 Å². The van der Waals surface area contributed by atoms with E-state index in [0.29, 0.717) is 6.61 Å². The summed E-state index contributed by atoms with van der Waals surface area (Å²) in [5, 5.41) is 20.7. The molecule has 1 heterocycles. The molecule has 3 nitrogen and oxygen atoms in total. The van der Waals surface area contributed by atoms with E-state index in [2.05, 4.69) is 20.8 Å². The first kappa shape index (κ1) is 12.6. The number of aliphatic hydroxyl groups excluding tert-OH is 2. The SMILES string of the molecule is CC1(C)CCC[C@]2(C)[C@@H]3C(=C[C@@H](O)[C@@H]12)CO[C@H]3O. The molecular formula is C15H24O3. The number of ether oxygens (including phenoxy) is 1. The zero-order chi connectivity index (χ0) is 13.1. The molecule has 0 amide bonds. The molecule has 102 valence electrons. The van der Waals surface area contributed by atoms with Crippen molar-refractivity contribution in [3.05, 3.63) is 11.6 Å². The predicted molar refractivity (Wildman–Crippen MR) is 68.8 cm³/mol. The van der Waals surface area contributed by atoms with Crippen LogP contribution >= 0.6 is 0 Å². The normalized spacial score (nSPS) is 50.4. The maximum atomic E-state index is 10.5. The topological polar surface area (TPSA) is 49.7 Å². The molecule has 3 heteroatoms. The molecule has 0 spiro atoms. The monoisotopic (exact) mass is 252 g/mol. The van der Waals surface area contributed by atoms with Gasteiger partial charge in [0.15, 0.2) is 6.29 Å². The Morgan fingerprint density at radius 3 is 2.67 bits per heavy atom. The molecule has 3 aliphatic rings. The zero-order valence-electron chi connectivity index (χ0n) is 11.5. The van der Waals surface area contributed by atoms with Crippen LogP contribution in [0.15, 0.2) is 11.6 Å². The van der Waals surface area contributed by atoms with Gasteiger partial charge in [0.2, 0.25) is 0 Å². The molecule has 0 aromatic rings. The summed E-state index contributed by atoms with van der Waals surface area (Å²) in [7, 11) is 0. The molecule has 2 N–H and O–H groups in total. The Hall–Kier alpha value is -0.380. The second-order valence-corrected chi connectivity index (χ2v) is 7.24. The van der Waals surface area contributed by atoms with Crippen LogP contribution in [0.4, 0.5) is 0 Å². The number of rotatable bonds is 0. The van der Waals surface area contributed by atoms with Crippen molar-refractivity contribution < 1.29 is 14.9 Å². The lowest BCUT2D eigenvalue weighted by Gasteiger charge is -2.57. The van der Waals surface area contributed by atoms with Gasteiger partial charge in [-0.15, -0.1) is 0 Å². The fraction of sp³-hybridized carbons (Fsp3) is 0.867. The molecule has 0 aromatic heterocycles. The van der Waals surface area contributed by atoms with Crippen LogP contribution in [0.5, 0.6) is 0 Å². The molecular weight excluding hydrogens is 228 g/mol. The molecule has 0 bridgehead atoms. The highest BCUT2D eigenvalue weighted by atomic mass is 16.6. The van der Waals surface area contributed by atoms with Crippen molar-refractivity contribution >= 4 is 0 Å². The fourth-order valence-electron chi connectivity index (χ4n) is 5.10. The maximum Gasteiger partial charge on any atom is 0.162 e. The molecule has 0 aromatic carbocycles. The lowest BCUT2D eigenvalue weighted by atomic mass is 9.48. The van der Waals surface area contributed by atoms with Crippen LogP contribution in [0.3, 0.4) is 0 Å². The summed E-state index contributed by atoms with van der Waals surface area (Å²) in [4.78, 5) is 0. The first-order valence-corrected chi connectivity index (χ1v) is 7.04. The second kappa shape index (κ2) is 3.81. The van der Waals surface area contributed by atoms with Crippen LogP contribution in [0.25, 0.3) is 0 Å². The van der Waals surface area contributed by atoms with Crippen LogP contribution in [0, 0.1) is 22.7 Å². The fourth-order valence-corrected chi connectivity index (χ4v) is 5.10. The van der Waals surface area contributed by atoms with E-state index in [4.69, 9.17) is 4.74 Å². The Labute approximate surface area is 109 Å². The Kier molecular flexibility index (Phi) is 2.68. The lowest BCUT2D eigenvalue weighted by molar-refractivity contribution is -0.157. The number of hydrogen-bond acceptors (Lipinski definition) is 3. The van der Waals surface area contributed by atoms with Crippen LogP contribution < -0.4 is 0 Å². The quantitative estimate of drug-likeness (QED) is 0.649. The number of hydrogen-bond donors (Lipinski definition) is 2. The van der Waals surface area contributed by atoms with E-state index in [9.17, 15) is 10.2 Å². The Bertz CT molecular complexity index is 387. The highest BCUT2D eigenvalue weighted by Gasteiger charge is 2.59. The number of fused-ring (bicyclic) bond motifs is 3. The summed E-state index contributed by atoms with van der Waals surface area (Å²) >= 11 is 0. The van der Waals surface area contributed by atoms with E-state index < -0.39 is 12.4 Å². The minimum Gasteiger partial charge on any atom is -0.389 e. The highest BCUT2D eigenvalue weighted by Crippen LogP contribution is 2.61. The first-order valence-electron chi connectivity index (χ1n) is 7.04. The first-order chi connectivity index (χ1) is 8.36. The van der Waals surface area contributed by atoms with Crippen LogP contribution in [-0.2, 0) is 4.74 Å². The molecule has 0 unspecified atom stereocenters. The summed E-state index contributed by atoms with van der Waals surface area (Å²) in [6.07, 6.45) is 4.25. The Balaban J connectivity index is 2.08. The van der Waals surface area contributed by atoms with Crippen molar-refractivity contribution in [1.82, 2.24) is 0 Å². The minimum absolute atomic E-state index is 0.0405. The highest BCUT2D eigenvalue weighted by molar-refractivity contribution is 5.26. The zero-order valence-corrected chi connectivity index (χ0v) is 11.5. The molecule has 0 radical (unpaired) electrons. The van der Waals surface area contributed by atoms with Gasteiger partial charge in [-0.3, -0.25) is 0 Å². The maximum absolute atomic E-state index is 10.5. The van der Waals surface area contributed by atoms with Crippen LogP contribution in [0.2, 0.25) is 0 Å². The molecule has 3 rings (SSSR count). The number of aliphatic hydroxyl groups is 2. The van der Waals surface area contributed by atoms with Crippen LogP contribution in [0.1, 0.15) is 40.0 Å². The summed E-state index contributed by atoms with van der Waals surface area (Å²) in [5.74, 6) is 0.286. The van der Waals surface area contributed by atoms with Gasteiger partial charge in [-0.25, -0.2) is 0 Å². The van der Waals surface area contributed by atoms with Crippen LogP contribution in [-0.4, -0.2) is 29.2 Å². The summed E-state index contributed by atoms with van der Waals surface area (Å²) in [5.41, 5.74) is 1.18.